The topological polar surface area (TPSA) is 120 Å². The molecule has 2 fully saturated rings. The lowest BCUT2D eigenvalue weighted by atomic mass is 9.68. The van der Waals surface area contributed by atoms with Crippen molar-refractivity contribution in [1.82, 2.24) is 26.7 Å². The van der Waals surface area contributed by atoms with Gasteiger partial charge in [-0.1, -0.05) is 12.1 Å². The van der Waals surface area contributed by atoms with Crippen molar-refractivity contribution >= 4 is 0 Å². The van der Waals surface area contributed by atoms with Crippen molar-refractivity contribution < 1.29 is 9.13 Å². The first-order valence-electron chi connectivity index (χ1n) is 9.88. The number of pyridine rings is 1. The van der Waals surface area contributed by atoms with Gasteiger partial charge in [0.1, 0.15) is 11.9 Å². The molecule has 0 spiro atoms. The van der Waals surface area contributed by atoms with Crippen molar-refractivity contribution in [1.29, 1.82) is 5.26 Å². The van der Waals surface area contributed by atoms with Crippen LogP contribution in [-0.4, -0.2) is 17.8 Å². The lowest BCUT2D eigenvalue weighted by molar-refractivity contribution is 0.00571. The van der Waals surface area contributed by atoms with Gasteiger partial charge in [0.15, 0.2) is 12.1 Å². The van der Waals surface area contributed by atoms with Crippen LogP contribution in [0, 0.1) is 34.9 Å². The molecule has 5 rings (SSSR count). The number of nitriles is 1. The van der Waals surface area contributed by atoms with Gasteiger partial charge >= 0.3 is 0 Å². The maximum absolute atomic E-state index is 13.5. The summed E-state index contributed by atoms with van der Waals surface area (Å²) in [5.74, 6) is -0.392. The van der Waals surface area contributed by atoms with Crippen LogP contribution in [0.5, 0.6) is 0 Å². The van der Waals surface area contributed by atoms with Gasteiger partial charge in [-0.3, -0.25) is 10.4 Å². The predicted octanol–water partition coefficient (Wildman–Crippen LogP) is 1.12. The fourth-order valence-electron chi connectivity index (χ4n) is 4.95. The lowest BCUT2D eigenvalue weighted by Crippen LogP contribution is -2.45. The molecule has 0 amide bonds. The van der Waals surface area contributed by atoms with E-state index in [-0.39, 0.29) is 47.8 Å². The summed E-state index contributed by atoms with van der Waals surface area (Å²) in [4.78, 5) is 4.11. The number of fused-ring (bicyclic) bond motifs is 1. The molecular formula is C21H22FN7O. The van der Waals surface area contributed by atoms with Gasteiger partial charge in [-0.15, -0.1) is 0 Å². The summed E-state index contributed by atoms with van der Waals surface area (Å²) in [5, 5.41) is 9.95. The molecule has 154 valence electrons. The zero-order chi connectivity index (χ0) is 20.7. The molecule has 0 aliphatic carbocycles. The number of hydrogen-bond donors (Lipinski definition) is 5. The van der Waals surface area contributed by atoms with Crippen LogP contribution < -0.4 is 27.4 Å². The highest BCUT2D eigenvalue weighted by Gasteiger charge is 2.53. The molecule has 0 saturated carbocycles. The van der Waals surface area contributed by atoms with E-state index < -0.39 is 0 Å². The minimum Gasteiger partial charge on any atom is -0.458 e. The average Bonchev–Trinajstić information content (AvgIpc) is 3.41. The molecule has 8 nitrogen and oxygen atoms in total. The number of nitrogens with two attached hydrogens (primary N) is 1. The number of nitrogens with one attached hydrogen (secondary N) is 4. The Morgan fingerprint density at radius 3 is 2.50 bits per heavy atom. The molecule has 1 aromatic carbocycles. The molecule has 0 bridgehead atoms. The minimum atomic E-state index is -0.375. The van der Waals surface area contributed by atoms with E-state index in [0.29, 0.717) is 12.1 Å². The fraction of sp³-hybridized carbons (Fsp3) is 0.333. The lowest BCUT2D eigenvalue weighted by Gasteiger charge is -2.40. The van der Waals surface area contributed by atoms with Crippen LogP contribution in [0.3, 0.4) is 0 Å². The van der Waals surface area contributed by atoms with Crippen LogP contribution in [0.15, 0.2) is 60.2 Å². The number of benzene rings is 1. The first kappa shape index (κ1) is 19.0. The fourth-order valence-corrected chi connectivity index (χ4v) is 4.95. The number of aromatic nitrogens is 1. The van der Waals surface area contributed by atoms with E-state index in [2.05, 4.69) is 32.8 Å². The smallest absolute Gasteiger partial charge is 0.200 e. The molecule has 6 unspecified atom stereocenters. The normalized spacial score (nSPS) is 33.1. The molecule has 1 aromatic heterocycles. The summed E-state index contributed by atoms with van der Waals surface area (Å²) in [6.07, 6.45) is 3.12. The summed E-state index contributed by atoms with van der Waals surface area (Å²) in [6, 6.07) is 12.5. The molecule has 30 heavy (non-hydrogen) atoms. The molecule has 6 atom stereocenters. The van der Waals surface area contributed by atoms with Gasteiger partial charge in [0, 0.05) is 36.7 Å². The van der Waals surface area contributed by atoms with E-state index in [0.717, 1.165) is 11.1 Å². The molecule has 3 aliphatic rings. The van der Waals surface area contributed by atoms with Crippen molar-refractivity contribution in [3.05, 3.63) is 77.2 Å². The van der Waals surface area contributed by atoms with Crippen LogP contribution in [0.4, 0.5) is 4.39 Å². The summed E-state index contributed by atoms with van der Waals surface area (Å²) in [6.45, 7) is 0.636. The van der Waals surface area contributed by atoms with Gasteiger partial charge in [-0.25, -0.2) is 20.7 Å². The predicted molar refractivity (Wildman–Crippen MR) is 106 cm³/mol. The van der Waals surface area contributed by atoms with Crippen LogP contribution in [0.25, 0.3) is 0 Å². The largest absolute Gasteiger partial charge is 0.458 e. The minimum absolute atomic E-state index is 0.00565. The van der Waals surface area contributed by atoms with E-state index in [1.54, 1.807) is 24.5 Å². The van der Waals surface area contributed by atoms with Gasteiger partial charge in [-0.05, 0) is 35.4 Å². The molecular weight excluding hydrogens is 385 g/mol. The third-order valence-electron chi connectivity index (χ3n) is 6.28. The standard InChI is InChI=1S/C21H22FN7O/c22-13-3-1-11(2-4-13)18-15(10-26-27-18)16-14(9-23)20(24)30-21-17(16)19(28-29-21)12-5-7-25-8-6-12/h1-8,15-19,21,26-29H,10,24H2. The summed E-state index contributed by atoms with van der Waals surface area (Å²) in [7, 11) is 0. The number of hydrogen-bond acceptors (Lipinski definition) is 8. The Hall–Kier alpha value is -3.03. The van der Waals surface area contributed by atoms with E-state index in [1.165, 1.54) is 12.1 Å². The van der Waals surface area contributed by atoms with Crippen LogP contribution in [0.2, 0.25) is 0 Å². The molecule has 9 heteroatoms. The van der Waals surface area contributed by atoms with E-state index in [1.807, 2.05) is 12.1 Å². The summed E-state index contributed by atoms with van der Waals surface area (Å²) >= 11 is 0. The van der Waals surface area contributed by atoms with E-state index in [9.17, 15) is 9.65 Å². The Kier molecular flexibility index (Phi) is 4.84. The summed E-state index contributed by atoms with van der Waals surface area (Å²) in [5.41, 5.74) is 21.6. The molecule has 3 aliphatic heterocycles. The SMILES string of the molecule is N#CC1=C(N)OC2NNC(c3ccncc3)C2C1C1CNNC1c1ccc(F)cc1. The van der Waals surface area contributed by atoms with Crippen molar-refractivity contribution in [3.63, 3.8) is 0 Å². The number of halogens is 1. The first-order chi connectivity index (χ1) is 14.7. The number of ether oxygens (including phenoxy) is 1. The first-order valence-corrected chi connectivity index (χ1v) is 9.88. The molecule has 4 heterocycles. The van der Waals surface area contributed by atoms with Crippen molar-refractivity contribution in [3.8, 4) is 6.07 Å². The van der Waals surface area contributed by atoms with E-state index in [4.69, 9.17) is 10.5 Å². The number of nitrogens with zero attached hydrogens (tertiary/aromatic N) is 2. The van der Waals surface area contributed by atoms with Crippen molar-refractivity contribution in [2.75, 3.05) is 6.54 Å². The van der Waals surface area contributed by atoms with Gasteiger partial charge in [-0.2, -0.15) is 5.26 Å². The Balaban J connectivity index is 1.56. The Morgan fingerprint density at radius 2 is 1.77 bits per heavy atom. The van der Waals surface area contributed by atoms with Crippen LogP contribution in [0.1, 0.15) is 23.2 Å². The Bertz CT molecular complexity index is 991. The third kappa shape index (κ3) is 3.11. The number of rotatable bonds is 3. The highest BCUT2D eigenvalue weighted by atomic mass is 19.1. The second kappa shape index (κ2) is 7.66. The van der Waals surface area contributed by atoms with E-state index >= 15 is 0 Å². The Labute approximate surface area is 173 Å². The maximum Gasteiger partial charge on any atom is 0.200 e. The van der Waals surface area contributed by atoms with Gasteiger partial charge in [0.05, 0.1) is 17.7 Å². The monoisotopic (exact) mass is 407 g/mol. The second-order valence-electron chi connectivity index (χ2n) is 7.80. The second-order valence-corrected chi connectivity index (χ2v) is 7.80. The zero-order valence-corrected chi connectivity index (χ0v) is 16.0. The van der Waals surface area contributed by atoms with Gasteiger partial charge in [0.25, 0.3) is 0 Å². The molecule has 6 N–H and O–H groups in total. The number of hydrazine groups is 2. The van der Waals surface area contributed by atoms with Gasteiger partial charge in [0.2, 0.25) is 0 Å². The van der Waals surface area contributed by atoms with Gasteiger partial charge < -0.3 is 10.5 Å². The molecule has 2 aromatic rings. The zero-order valence-electron chi connectivity index (χ0n) is 16.0. The quantitative estimate of drug-likeness (QED) is 0.513. The molecule has 0 radical (unpaired) electrons. The van der Waals surface area contributed by atoms with Crippen LogP contribution in [-0.2, 0) is 4.74 Å². The highest BCUT2D eigenvalue weighted by Crippen LogP contribution is 2.48. The third-order valence-corrected chi connectivity index (χ3v) is 6.28. The Morgan fingerprint density at radius 1 is 1.03 bits per heavy atom. The maximum atomic E-state index is 13.5. The number of allylic oxidation sites excluding steroid dienone is 1. The average molecular weight is 407 g/mol. The molecule has 2 saturated heterocycles. The van der Waals surface area contributed by atoms with Crippen molar-refractivity contribution in [2.24, 2.45) is 23.5 Å². The highest BCUT2D eigenvalue weighted by molar-refractivity contribution is 5.35. The summed E-state index contributed by atoms with van der Waals surface area (Å²) < 4.78 is 19.3. The van der Waals surface area contributed by atoms with Crippen LogP contribution >= 0.6 is 0 Å². The van der Waals surface area contributed by atoms with Crippen molar-refractivity contribution in [2.45, 2.75) is 18.3 Å².